The predicted molar refractivity (Wildman–Crippen MR) is 164 cm³/mol. The number of aryl methyl sites for hydroxylation is 3. The van der Waals surface area contributed by atoms with E-state index >= 15 is 4.39 Å². The van der Waals surface area contributed by atoms with Gasteiger partial charge >= 0.3 is 14.3 Å². The number of fused-ring (bicyclic) bond motifs is 1. The first-order valence-corrected chi connectivity index (χ1v) is 15.8. The molecule has 216 valence electrons. The molecule has 5 rings (SSSR count). The van der Waals surface area contributed by atoms with E-state index in [-0.39, 0.29) is 16.1 Å². The van der Waals surface area contributed by atoms with Gasteiger partial charge in [-0.2, -0.15) is 5.10 Å². The molecule has 0 spiro atoms. The summed E-state index contributed by atoms with van der Waals surface area (Å²) >= 11 is 0. The lowest BCUT2D eigenvalue weighted by Crippen LogP contribution is -2.68. The second-order valence-corrected chi connectivity index (χ2v) is 15.7. The standard InChI is InChI=1S/C34H34F2N2O3Si/c1-34(2,3)42(25-12-8-6-9-13-25,26-14-10-7-11-15-26)41-31-21-23(20-28-27(31)18-19-29(35)32(28)36)16-17-24-22-30(33(39)40-5)37-38(24)4/h6-15,18-22H,16-17H2,1-5H3. The van der Waals surface area contributed by atoms with Crippen molar-refractivity contribution in [3.63, 3.8) is 0 Å². The second-order valence-electron chi connectivity index (χ2n) is 11.5. The van der Waals surface area contributed by atoms with Crippen molar-refractivity contribution in [2.75, 3.05) is 7.11 Å². The number of carbonyl (C=O) groups is 1. The zero-order chi connectivity index (χ0) is 30.1. The first kappa shape index (κ1) is 29.2. The Labute approximate surface area is 245 Å². The van der Waals surface area contributed by atoms with Gasteiger partial charge in [0.1, 0.15) is 5.75 Å². The molecule has 1 aromatic heterocycles. The van der Waals surface area contributed by atoms with Gasteiger partial charge in [-0.05, 0) is 64.1 Å². The van der Waals surface area contributed by atoms with Crippen LogP contribution in [-0.4, -0.2) is 31.2 Å². The Kier molecular flexibility index (Phi) is 8.01. The average molecular weight is 585 g/mol. The zero-order valence-electron chi connectivity index (χ0n) is 24.4. The molecule has 0 aliphatic carbocycles. The van der Waals surface area contributed by atoms with Gasteiger partial charge in [0.2, 0.25) is 0 Å². The minimum Gasteiger partial charge on any atom is -0.534 e. The van der Waals surface area contributed by atoms with E-state index < -0.39 is 25.9 Å². The summed E-state index contributed by atoms with van der Waals surface area (Å²) in [6, 6.07) is 28.4. The molecule has 0 unspecified atom stereocenters. The number of nitrogens with zero attached hydrogens (tertiary/aromatic N) is 2. The van der Waals surface area contributed by atoms with Crippen LogP contribution in [0.5, 0.6) is 5.75 Å². The van der Waals surface area contributed by atoms with Crippen molar-refractivity contribution >= 4 is 35.4 Å². The van der Waals surface area contributed by atoms with Gasteiger partial charge in [-0.15, -0.1) is 0 Å². The third-order valence-corrected chi connectivity index (χ3v) is 12.7. The summed E-state index contributed by atoms with van der Waals surface area (Å²) in [6.45, 7) is 6.52. The smallest absolute Gasteiger partial charge is 0.358 e. The van der Waals surface area contributed by atoms with Crippen LogP contribution in [0, 0.1) is 11.6 Å². The van der Waals surface area contributed by atoms with E-state index in [1.165, 1.54) is 7.11 Å². The summed E-state index contributed by atoms with van der Waals surface area (Å²) in [4.78, 5) is 12.0. The van der Waals surface area contributed by atoms with E-state index in [0.29, 0.717) is 24.0 Å². The van der Waals surface area contributed by atoms with Crippen LogP contribution in [-0.2, 0) is 24.6 Å². The number of halogens is 2. The van der Waals surface area contributed by atoms with E-state index in [1.54, 1.807) is 29.9 Å². The third-order valence-electron chi connectivity index (χ3n) is 7.77. The lowest BCUT2D eigenvalue weighted by molar-refractivity contribution is 0.0593. The van der Waals surface area contributed by atoms with Crippen LogP contribution in [0.2, 0.25) is 5.04 Å². The third kappa shape index (κ3) is 5.34. The molecule has 5 nitrogen and oxygen atoms in total. The van der Waals surface area contributed by atoms with Gasteiger partial charge in [0, 0.05) is 23.5 Å². The fraction of sp³-hybridized carbons (Fsp3) is 0.235. The fourth-order valence-corrected chi connectivity index (χ4v) is 10.1. The molecule has 0 aliphatic heterocycles. The molecular formula is C34H34F2N2O3Si. The van der Waals surface area contributed by atoms with Crippen LogP contribution in [0.25, 0.3) is 10.8 Å². The van der Waals surface area contributed by atoms with E-state index in [9.17, 15) is 9.18 Å². The van der Waals surface area contributed by atoms with Crippen LogP contribution in [0.1, 0.15) is 42.5 Å². The van der Waals surface area contributed by atoms with Crippen LogP contribution in [0.4, 0.5) is 8.78 Å². The molecule has 0 bridgehead atoms. The van der Waals surface area contributed by atoms with Gasteiger partial charge in [0.25, 0.3) is 0 Å². The SMILES string of the molecule is COC(=O)c1cc(CCc2cc(O[Si](c3ccccc3)(c3ccccc3)C(C)(C)C)c3ccc(F)c(F)c3c2)n(C)n1. The molecule has 0 atom stereocenters. The zero-order valence-corrected chi connectivity index (χ0v) is 25.4. The van der Waals surface area contributed by atoms with Gasteiger partial charge < -0.3 is 9.16 Å². The van der Waals surface area contributed by atoms with Gasteiger partial charge in [-0.1, -0.05) is 81.4 Å². The molecule has 4 aromatic carbocycles. The normalized spacial score (nSPS) is 12.0. The Balaban J connectivity index is 1.66. The van der Waals surface area contributed by atoms with Crippen LogP contribution in [0.3, 0.4) is 0 Å². The summed E-state index contributed by atoms with van der Waals surface area (Å²) in [7, 11) is 0.0187. The van der Waals surface area contributed by atoms with Crippen molar-refractivity contribution in [2.45, 2.75) is 38.7 Å². The Morgan fingerprint density at radius 2 is 1.48 bits per heavy atom. The van der Waals surface area contributed by atoms with Crippen LogP contribution < -0.4 is 14.8 Å². The molecular weight excluding hydrogens is 550 g/mol. The highest BCUT2D eigenvalue weighted by Gasteiger charge is 2.52. The highest BCUT2D eigenvalue weighted by Crippen LogP contribution is 2.40. The minimum absolute atomic E-state index is 0.167. The van der Waals surface area contributed by atoms with Gasteiger partial charge in [-0.3, -0.25) is 4.68 Å². The van der Waals surface area contributed by atoms with Gasteiger partial charge in [0.05, 0.1) is 7.11 Å². The van der Waals surface area contributed by atoms with Crippen molar-refractivity contribution in [3.8, 4) is 5.75 Å². The number of carbonyl (C=O) groups excluding carboxylic acids is 1. The number of hydrogen-bond donors (Lipinski definition) is 0. The predicted octanol–water partition coefficient (Wildman–Crippen LogP) is 6.36. The molecule has 0 saturated heterocycles. The highest BCUT2D eigenvalue weighted by molar-refractivity contribution is 7.00. The monoisotopic (exact) mass is 584 g/mol. The molecule has 0 amide bonds. The Hall–Kier alpha value is -4.30. The first-order chi connectivity index (χ1) is 20.0. The maximum Gasteiger partial charge on any atom is 0.358 e. The number of benzene rings is 4. The molecule has 8 heteroatoms. The lowest BCUT2D eigenvalue weighted by Gasteiger charge is -2.43. The van der Waals surface area contributed by atoms with Gasteiger partial charge in [-0.25, -0.2) is 13.6 Å². The number of hydrogen-bond acceptors (Lipinski definition) is 4. The minimum atomic E-state index is -3.05. The maximum absolute atomic E-state index is 15.3. The molecule has 0 aliphatic rings. The van der Waals surface area contributed by atoms with E-state index in [2.05, 4.69) is 50.1 Å². The number of rotatable bonds is 8. The molecule has 0 saturated carbocycles. The number of aromatic nitrogens is 2. The summed E-state index contributed by atoms with van der Waals surface area (Å²) < 4.78 is 43.6. The second kappa shape index (κ2) is 11.5. The molecule has 0 radical (unpaired) electrons. The Morgan fingerprint density at radius 3 is 2.05 bits per heavy atom. The Bertz CT molecular complexity index is 1690. The number of ether oxygens (including phenoxy) is 1. The van der Waals surface area contributed by atoms with E-state index in [4.69, 9.17) is 9.16 Å². The van der Waals surface area contributed by atoms with Crippen LogP contribution >= 0.6 is 0 Å². The molecule has 0 N–H and O–H groups in total. The molecule has 0 fully saturated rings. The first-order valence-electron chi connectivity index (χ1n) is 13.9. The number of esters is 1. The summed E-state index contributed by atoms with van der Waals surface area (Å²) in [5.41, 5.74) is 1.81. The van der Waals surface area contributed by atoms with Crippen molar-refractivity contribution in [1.82, 2.24) is 9.78 Å². The average Bonchev–Trinajstić information content (AvgIpc) is 3.36. The highest BCUT2D eigenvalue weighted by atomic mass is 28.4. The topological polar surface area (TPSA) is 53.4 Å². The van der Waals surface area contributed by atoms with Crippen molar-refractivity contribution in [2.24, 2.45) is 7.05 Å². The quantitative estimate of drug-likeness (QED) is 0.157. The molecule has 5 aromatic rings. The fourth-order valence-electron chi connectivity index (χ4n) is 5.66. The van der Waals surface area contributed by atoms with Crippen molar-refractivity contribution < 1.29 is 22.7 Å². The van der Waals surface area contributed by atoms with Crippen molar-refractivity contribution in [1.29, 1.82) is 0 Å². The van der Waals surface area contributed by atoms with E-state index in [0.717, 1.165) is 27.7 Å². The summed E-state index contributed by atoms with van der Waals surface area (Å²) in [5.74, 6) is -1.82. The summed E-state index contributed by atoms with van der Waals surface area (Å²) in [5, 5.41) is 6.76. The maximum atomic E-state index is 15.3. The molecule has 42 heavy (non-hydrogen) atoms. The van der Waals surface area contributed by atoms with Crippen LogP contribution in [0.15, 0.2) is 91.0 Å². The molecule has 1 heterocycles. The lowest BCUT2D eigenvalue weighted by atomic mass is 10.0. The van der Waals surface area contributed by atoms with Crippen molar-refractivity contribution in [3.05, 3.63) is 120 Å². The summed E-state index contributed by atoms with van der Waals surface area (Å²) in [6.07, 6.45) is 1.00. The van der Waals surface area contributed by atoms with E-state index in [1.807, 2.05) is 42.5 Å². The van der Waals surface area contributed by atoms with Gasteiger partial charge in [0.15, 0.2) is 17.3 Å². The Morgan fingerprint density at radius 1 is 0.857 bits per heavy atom. The number of methoxy groups -OCH3 is 1. The largest absolute Gasteiger partial charge is 0.534 e.